The van der Waals surface area contributed by atoms with Crippen molar-refractivity contribution in [3.8, 4) is 0 Å². The van der Waals surface area contributed by atoms with Crippen molar-refractivity contribution in [3.63, 3.8) is 0 Å². The van der Waals surface area contributed by atoms with Crippen molar-refractivity contribution in [2.45, 2.75) is 31.2 Å². The first-order valence-corrected chi connectivity index (χ1v) is 5.54. The van der Waals surface area contributed by atoms with Crippen molar-refractivity contribution in [1.29, 1.82) is 0 Å². The van der Waals surface area contributed by atoms with Gasteiger partial charge in [-0.15, -0.1) is 0 Å². The minimum atomic E-state index is -0.860. The molecular formula is C10H11N3O4. The van der Waals surface area contributed by atoms with Gasteiger partial charge >= 0.3 is 11.7 Å². The van der Waals surface area contributed by atoms with Crippen molar-refractivity contribution >= 4 is 11.7 Å². The molecule has 7 nitrogen and oxygen atoms in total. The number of aromatic nitrogens is 2. The van der Waals surface area contributed by atoms with Gasteiger partial charge in [-0.25, -0.2) is 0 Å². The van der Waals surface area contributed by atoms with E-state index in [1.165, 1.54) is 10.9 Å². The molecule has 0 radical (unpaired) electrons. The molecule has 0 aliphatic heterocycles. The molecule has 0 bridgehead atoms. The van der Waals surface area contributed by atoms with Crippen molar-refractivity contribution in [3.05, 3.63) is 22.0 Å². The van der Waals surface area contributed by atoms with E-state index in [4.69, 9.17) is 5.11 Å². The van der Waals surface area contributed by atoms with Gasteiger partial charge in [0.2, 0.25) is 0 Å². The molecule has 2 aliphatic rings. The van der Waals surface area contributed by atoms with E-state index < -0.39 is 16.8 Å². The second kappa shape index (κ2) is 3.28. The number of nitro groups is 1. The Labute approximate surface area is 96.2 Å². The molecule has 2 atom stereocenters. The van der Waals surface area contributed by atoms with Crippen LogP contribution in [-0.2, 0) is 4.79 Å². The molecule has 0 amide bonds. The first-order chi connectivity index (χ1) is 8.08. The number of hydrogen-bond donors (Lipinski definition) is 1. The fraction of sp³-hybridized carbons (Fsp3) is 0.600. The van der Waals surface area contributed by atoms with Gasteiger partial charge in [-0.05, 0) is 19.3 Å². The highest BCUT2D eigenvalue weighted by atomic mass is 16.6. The Morgan fingerprint density at radius 3 is 2.76 bits per heavy atom. The Morgan fingerprint density at radius 1 is 1.59 bits per heavy atom. The van der Waals surface area contributed by atoms with E-state index in [9.17, 15) is 14.9 Å². The van der Waals surface area contributed by atoms with Crippen LogP contribution in [0.1, 0.15) is 36.9 Å². The molecule has 0 spiro atoms. The molecule has 2 saturated carbocycles. The van der Waals surface area contributed by atoms with Gasteiger partial charge in [0, 0.05) is 5.92 Å². The third-order valence-corrected chi connectivity index (χ3v) is 3.31. The smallest absolute Gasteiger partial charge is 0.310 e. The number of aliphatic carboxylic acids is 1. The van der Waals surface area contributed by atoms with Crippen LogP contribution in [0, 0.1) is 16.0 Å². The molecule has 2 unspecified atom stereocenters. The summed E-state index contributed by atoms with van der Waals surface area (Å²) in [5.41, 5.74) is 0.551. The summed E-state index contributed by atoms with van der Waals surface area (Å²) in [6.45, 7) is 0. The monoisotopic (exact) mass is 237 g/mol. The van der Waals surface area contributed by atoms with Crippen LogP contribution < -0.4 is 0 Å². The first kappa shape index (κ1) is 10.2. The fourth-order valence-electron chi connectivity index (χ4n) is 2.09. The van der Waals surface area contributed by atoms with Crippen LogP contribution in [0.15, 0.2) is 6.20 Å². The maximum absolute atomic E-state index is 10.9. The molecule has 0 aromatic carbocycles. The molecule has 90 valence electrons. The van der Waals surface area contributed by atoms with Gasteiger partial charge in [-0.1, -0.05) is 0 Å². The predicted octanol–water partition coefficient (Wildman–Crippen LogP) is 1.31. The normalized spacial score (nSPS) is 26.8. The second-order valence-electron chi connectivity index (χ2n) is 4.66. The van der Waals surface area contributed by atoms with Crippen LogP contribution in [-0.4, -0.2) is 25.8 Å². The predicted molar refractivity (Wildman–Crippen MR) is 55.6 cm³/mol. The van der Waals surface area contributed by atoms with Gasteiger partial charge in [0.15, 0.2) is 0 Å². The molecule has 3 rings (SSSR count). The van der Waals surface area contributed by atoms with Crippen LogP contribution in [0.4, 0.5) is 5.69 Å². The molecule has 1 N–H and O–H groups in total. The highest BCUT2D eigenvalue weighted by Gasteiger charge is 2.47. The summed E-state index contributed by atoms with van der Waals surface area (Å²) in [6, 6.07) is -0.210. The Bertz CT molecular complexity index is 506. The maximum Gasteiger partial charge on any atom is 0.310 e. The lowest BCUT2D eigenvalue weighted by Gasteiger charge is -1.95. The lowest BCUT2D eigenvalue weighted by Crippen LogP contribution is -2.04. The molecule has 2 aliphatic carbocycles. The summed E-state index contributed by atoms with van der Waals surface area (Å²) < 4.78 is 1.46. The highest BCUT2D eigenvalue weighted by Crippen LogP contribution is 2.47. The second-order valence-corrected chi connectivity index (χ2v) is 4.66. The van der Waals surface area contributed by atoms with E-state index in [1.54, 1.807) is 0 Å². The molecule has 1 aromatic rings. The van der Waals surface area contributed by atoms with Crippen LogP contribution in [0.2, 0.25) is 0 Å². The number of carboxylic acid groups (broad SMARTS) is 1. The van der Waals surface area contributed by atoms with Gasteiger partial charge in [-0.2, -0.15) is 5.10 Å². The third kappa shape index (κ3) is 1.67. The average molecular weight is 237 g/mol. The molecule has 2 fully saturated rings. The summed E-state index contributed by atoms with van der Waals surface area (Å²) in [5.74, 6) is -1.11. The van der Waals surface area contributed by atoms with Crippen LogP contribution >= 0.6 is 0 Å². The van der Waals surface area contributed by atoms with Crippen LogP contribution in [0.25, 0.3) is 0 Å². The Balaban J connectivity index is 1.89. The average Bonchev–Trinajstić information content (AvgIpc) is 3.15. The number of nitrogens with zero attached hydrogens (tertiary/aromatic N) is 3. The quantitative estimate of drug-likeness (QED) is 0.628. The molecule has 1 aromatic heterocycles. The lowest BCUT2D eigenvalue weighted by atomic mass is 10.3. The van der Waals surface area contributed by atoms with Crippen molar-refractivity contribution in [2.75, 3.05) is 0 Å². The molecule has 1 heterocycles. The zero-order valence-electron chi connectivity index (χ0n) is 8.94. The lowest BCUT2D eigenvalue weighted by molar-refractivity contribution is -0.385. The van der Waals surface area contributed by atoms with Gasteiger partial charge in [0.1, 0.15) is 11.9 Å². The standard InChI is InChI=1S/C10H11N3O4/c14-10(15)6-3-7(6)12-4-8(13(16)17)9(11-12)5-1-2-5/h4-7H,1-3H2,(H,14,15). The van der Waals surface area contributed by atoms with Crippen molar-refractivity contribution in [2.24, 2.45) is 5.92 Å². The number of carboxylic acids is 1. The summed E-state index contributed by atoms with van der Waals surface area (Å²) in [4.78, 5) is 21.2. The topological polar surface area (TPSA) is 98.3 Å². The van der Waals surface area contributed by atoms with Crippen LogP contribution in [0.5, 0.6) is 0 Å². The summed E-state index contributed by atoms with van der Waals surface area (Å²) >= 11 is 0. The minimum absolute atomic E-state index is 0.0311. The Hall–Kier alpha value is -1.92. The number of hydrogen-bond acceptors (Lipinski definition) is 4. The zero-order chi connectivity index (χ0) is 12.2. The van der Waals surface area contributed by atoms with Gasteiger partial charge in [0.25, 0.3) is 0 Å². The Kier molecular flexibility index (Phi) is 1.98. The highest BCUT2D eigenvalue weighted by molar-refractivity contribution is 5.73. The maximum atomic E-state index is 10.9. The fourth-order valence-corrected chi connectivity index (χ4v) is 2.09. The van der Waals surface area contributed by atoms with Gasteiger partial charge in [-0.3, -0.25) is 19.6 Å². The van der Waals surface area contributed by atoms with Gasteiger partial charge in [0.05, 0.1) is 16.9 Å². The molecular weight excluding hydrogens is 226 g/mol. The third-order valence-electron chi connectivity index (χ3n) is 3.31. The zero-order valence-corrected chi connectivity index (χ0v) is 8.94. The van der Waals surface area contributed by atoms with Gasteiger partial charge < -0.3 is 5.11 Å². The van der Waals surface area contributed by atoms with E-state index in [2.05, 4.69) is 5.10 Å². The van der Waals surface area contributed by atoms with Crippen molar-refractivity contribution in [1.82, 2.24) is 9.78 Å². The van der Waals surface area contributed by atoms with Crippen molar-refractivity contribution < 1.29 is 14.8 Å². The Morgan fingerprint density at radius 2 is 2.29 bits per heavy atom. The molecule has 17 heavy (non-hydrogen) atoms. The van der Waals surface area contributed by atoms with E-state index in [0.717, 1.165) is 12.8 Å². The molecule has 0 saturated heterocycles. The van der Waals surface area contributed by atoms with Crippen LogP contribution in [0.3, 0.4) is 0 Å². The minimum Gasteiger partial charge on any atom is -0.481 e. The summed E-state index contributed by atoms with van der Waals surface area (Å²) in [5, 5.41) is 23.9. The molecule has 7 heteroatoms. The first-order valence-electron chi connectivity index (χ1n) is 5.54. The SMILES string of the molecule is O=C(O)C1CC1n1cc([N+](=O)[O-])c(C2CC2)n1. The van der Waals surface area contributed by atoms with E-state index >= 15 is 0 Å². The largest absolute Gasteiger partial charge is 0.481 e. The van der Waals surface area contributed by atoms with E-state index in [0.29, 0.717) is 12.1 Å². The summed E-state index contributed by atoms with van der Waals surface area (Å²) in [6.07, 6.45) is 3.76. The summed E-state index contributed by atoms with van der Waals surface area (Å²) in [7, 11) is 0. The number of carbonyl (C=O) groups is 1. The van der Waals surface area contributed by atoms with E-state index in [-0.39, 0.29) is 17.6 Å². The number of rotatable bonds is 4. The van der Waals surface area contributed by atoms with E-state index in [1.807, 2.05) is 0 Å².